The van der Waals surface area contributed by atoms with Crippen LogP contribution in [0.1, 0.15) is 24.5 Å². The van der Waals surface area contributed by atoms with Gasteiger partial charge in [0, 0.05) is 24.3 Å². The molecule has 0 radical (unpaired) electrons. The summed E-state index contributed by atoms with van der Waals surface area (Å²) < 4.78 is 0. The summed E-state index contributed by atoms with van der Waals surface area (Å²) in [7, 11) is 0. The smallest absolute Gasteiger partial charge is 0.229 e. The average Bonchev–Trinajstić information content (AvgIpc) is 2.96. The number of aryl methyl sites for hydroxylation is 2. The molecule has 0 bridgehead atoms. The predicted octanol–water partition coefficient (Wildman–Crippen LogP) is 3.55. The van der Waals surface area contributed by atoms with Crippen LogP contribution in [0, 0.1) is 12.8 Å². The summed E-state index contributed by atoms with van der Waals surface area (Å²) in [5, 5.41) is 2.93. The lowest BCUT2D eigenvalue weighted by atomic mass is 10.1. The number of hydrogen-bond acceptors (Lipinski definition) is 2. The molecule has 0 aromatic heterocycles. The van der Waals surface area contributed by atoms with Crippen molar-refractivity contribution >= 4 is 23.2 Å². The number of carbonyl (C=O) groups excluding carboxylic acids is 2. The van der Waals surface area contributed by atoms with E-state index in [0.29, 0.717) is 6.54 Å². The highest BCUT2D eigenvalue weighted by molar-refractivity contribution is 6.03. The Bertz CT molecular complexity index is 770. The molecule has 1 heterocycles. The lowest BCUT2D eigenvalue weighted by molar-refractivity contribution is -0.122. The van der Waals surface area contributed by atoms with Crippen LogP contribution in [0.2, 0.25) is 0 Å². The number of hydrogen-bond donors (Lipinski definition) is 1. The van der Waals surface area contributed by atoms with E-state index in [0.717, 1.165) is 28.9 Å². The Morgan fingerprint density at radius 2 is 2.00 bits per heavy atom. The van der Waals surface area contributed by atoms with Gasteiger partial charge in [0.25, 0.3) is 0 Å². The van der Waals surface area contributed by atoms with Gasteiger partial charge in [-0.25, -0.2) is 0 Å². The van der Waals surface area contributed by atoms with Crippen LogP contribution in [-0.4, -0.2) is 18.4 Å². The zero-order chi connectivity index (χ0) is 17.1. The molecule has 2 aromatic carbocycles. The lowest BCUT2D eigenvalue weighted by Gasteiger charge is -2.20. The fraction of sp³-hybridized carbons (Fsp3) is 0.300. The zero-order valence-corrected chi connectivity index (χ0v) is 14.1. The average molecular weight is 322 g/mol. The summed E-state index contributed by atoms with van der Waals surface area (Å²) in [6.07, 6.45) is 1.12. The number of anilines is 2. The van der Waals surface area contributed by atoms with E-state index < -0.39 is 0 Å². The van der Waals surface area contributed by atoms with Gasteiger partial charge in [-0.15, -0.1) is 0 Å². The van der Waals surface area contributed by atoms with Gasteiger partial charge in [0.2, 0.25) is 11.8 Å². The molecule has 24 heavy (non-hydrogen) atoms. The minimum atomic E-state index is -0.317. The van der Waals surface area contributed by atoms with Crippen molar-refractivity contribution in [3.05, 3.63) is 59.7 Å². The molecule has 0 saturated carbocycles. The highest BCUT2D eigenvalue weighted by Crippen LogP contribution is 2.29. The van der Waals surface area contributed by atoms with Crippen molar-refractivity contribution in [2.24, 2.45) is 5.92 Å². The highest BCUT2D eigenvalue weighted by Gasteiger charge is 2.35. The molecule has 1 aliphatic rings. The molecule has 1 fully saturated rings. The fourth-order valence-electron chi connectivity index (χ4n) is 3.16. The van der Waals surface area contributed by atoms with E-state index in [9.17, 15) is 9.59 Å². The topological polar surface area (TPSA) is 49.4 Å². The Morgan fingerprint density at radius 3 is 2.75 bits per heavy atom. The van der Waals surface area contributed by atoms with Crippen molar-refractivity contribution in [3.63, 3.8) is 0 Å². The molecule has 1 atom stereocenters. The van der Waals surface area contributed by atoms with Gasteiger partial charge < -0.3 is 10.2 Å². The molecule has 0 spiro atoms. The number of carbonyl (C=O) groups is 2. The van der Waals surface area contributed by atoms with Crippen molar-refractivity contribution in [2.75, 3.05) is 16.8 Å². The van der Waals surface area contributed by atoms with Gasteiger partial charge in [-0.2, -0.15) is 0 Å². The first-order valence-electron chi connectivity index (χ1n) is 8.34. The molecule has 1 unspecified atom stereocenters. The van der Waals surface area contributed by atoms with Crippen LogP contribution in [0.15, 0.2) is 48.5 Å². The molecule has 4 heteroatoms. The van der Waals surface area contributed by atoms with Gasteiger partial charge in [0.1, 0.15) is 0 Å². The van der Waals surface area contributed by atoms with Crippen molar-refractivity contribution < 1.29 is 9.59 Å². The minimum absolute atomic E-state index is 0.0142. The van der Waals surface area contributed by atoms with Crippen LogP contribution in [-0.2, 0) is 16.0 Å². The summed E-state index contributed by atoms with van der Waals surface area (Å²) in [5.74, 6) is -0.395. The number of amides is 2. The minimum Gasteiger partial charge on any atom is -0.326 e. The highest BCUT2D eigenvalue weighted by atomic mass is 16.2. The standard InChI is InChI=1S/C20H22N2O2/c1-3-15-8-4-5-10-18(15)22-13-16(12-19(22)23)20(24)21-17-9-6-7-14(2)11-17/h4-11,16H,3,12-13H2,1-2H3,(H,21,24). The van der Waals surface area contributed by atoms with E-state index in [1.54, 1.807) is 4.90 Å². The monoisotopic (exact) mass is 322 g/mol. The second-order valence-electron chi connectivity index (χ2n) is 6.25. The Balaban J connectivity index is 1.73. The third-order valence-electron chi connectivity index (χ3n) is 4.44. The van der Waals surface area contributed by atoms with Crippen molar-refractivity contribution in [3.8, 4) is 0 Å². The first kappa shape index (κ1) is 16.2. The third-order valence-corrected chi connectivity index (χ3v) is 4.44. The van der Waals surface area contributed by atoms with Crippen LogP contribution in [0.25, 0.3) is 0 Å². The molecule has 3 rings (SSSR count). The number of nitrogens with one attached hydrogen (secondary N) is 1. The third kappa shape index (κ3) is 3.32. The molecule has 2 aromatic rings. The Labute approximate surface area is 142 Å². The van der Waals surface area contributed by atoms with Crippen molar-refractivity contribution in [2.45, 2.75) is 26.7 Å². The van der Waals surface area contributed by atoms with Crippen LogP contribution >= 0.6 is 0 Å². The van der Waals surface area contributed by atoms with Gasteiger partial charge in [-0.05, 0) is 42.7 Å². The first-order chi connectivity index (χ1) is 11.6. The SMILES string of the molecule is CCc1ccccc1N1CC(C(=O)Nc2cccc(C)c2)CC1=O. The van der Waals surface area contributed by atoms with E-state index in [2.05, 4.69) is 12.2 Å². The first-order valence-corrected chi connectivity index (χ1v) is 8.34. The number of para-hydroxylation sites is 1. The van der Waals surface area contributed by atoms with Gasteiger partial charge in [-0.3, -0.25) is 9.59 Å². The molecule has 1 aliphatic heterocycles. The summed E-state index contributed by atoms with van der Waals surface area (Å²) >= 11 is 0. The molecule has 1 N–H and O–H groups in total. The van der Waals surface area contributed by atoms with E-state index in [1.165, 1.54) is 0 Å². The maximum Gasteiger partial charge on any atom is 0.229 e. The fourth-order valence-corrected chi connectivity index (χ4v) is 3.16. The van der Waals surface area contributed by atoms with Crippen LogP contribution in [0.4, 0.5) is 11.4 Å². The quantitative estimate of drug-likeness (QED) is 0.936. The molecule has 124 valence electrons. The van der Waals surface area contributed by atoms with Gasteiger partial charge in [-0.1, -0.05) is 37.3 Å². The molecular weight excluding hydrogens is 300 g/mol. The molecule has 2 amide bonds. The summed E-state index contributed by atoms with van der Waals surface area (Å²) in [6, 6.07) is 15.6. The van der Waals surface area contributed by atoms with E-state index in [1.807, 2.05) is 55.5 Å². The van der Waals surface area contributed by atoms with Crippen LogP contribution in [0.3, 0.4) is 0 Å². The van der Waals surface area contributed by atoms with E-state index in [4.69, 9.17) is 0 Å². The maximum atomic E-state index is 12.5. The normalized spacial score (nSPS) is 17.2. The predicted molar refractivity (Wildman–Crippen MR) is 96.1 cm³/mol. The molecule has 1 saturated heterocycles. The molecule has 0 aliphatic carbocycles. The number of benzene rings is 2. The summed E-state index contributed by atoms with van der Waals surface area (Å²) in [4.78, 5) is 26.7. The summed E-state index contributed by atoms with van der Waals surface area (Å²) in [5.41, 5.74) is 3.93. The van der Waals surface area contributed by atoms with Crippen LogP contribution in [0.5, 0.6) is 0 Å². The van der Waals surface area contributed by atoms with Gasteiger partial charge >= 0.3 is 0 Å². The largest absolute Gasteiger partial charge is 0.326 e. The van der Waals surface area contributed by atoms with Crippen molar-refractivity contribution in [1.29, 1.82) is 0 Å². The van der Waals surface area contributed by atoms with E-state index >= 15 is 0 Å². The Morgan fingerprint density at radius 1 is 1.21 bits per heavy atom. The Hall–Kier alpha value is -2.62. The van der Waals surface area contributed by atoms with E-state index in [-0.39, 0.29) is 24.2 Å². The van der Waals surface area contributed by atoms with Crippen molar-refractivity contribution in [1.82, 2.24) is 0 Å². The second-order valence-corrected chi connectivity index (χ2v) is 6.25. The summed E-state index contributed by atoms with van der Waals surface area (Å²) in [6.45, 7) is 4.49. The van der Waals surface area contributed by atoms with Crippen LogP contribution < -0.4 is 10.2 Å². The zero-order valence-electron chi connectivity index (χ0n) is 14.1. The number of nitrogens with zero attached hydrogens (tertiary/aromatic N) is 1. The molecule has 4 nitrogen and oxygen atoms in total. The van der Waals surface area contributed by atoms with Gasteiger partial charge in [0.15, 0.2) is 0 Å². The second kappa shape index (κ2) is 6.87. The number of rotatable bonds is 4. The lowest BCUT2D eigenvalue weighted by Crippen LogP contribution is -2.28. The molecular formula is C20H22N2O2. The maximum absolute atomic E-state index is 12.5. The Kier molecular flexibility index (Phi) is 4.65. The van der Waals surface area contributed by atoms with Gasteiger partial charge in [0.05, 0.1) is 5.92 Å².